The monoisotopic (exact) mass is 465 g/mol. The minimum Gasteiger partial charge on any atom is -0.360 e. The number of rotatable bonds is 5. The molecular formula is C25H43N3O5. The standard InChI is InChI=1S/C25H43N3O5/c1-4-11-26(12-5-1)22-19(10-17-29-22)31-25-24(28-15-8-3-9-16-28)33-21-20(32-25)18-30-23(21)27-13-6-2-7-14-27/h19-25H,1-18H2/t19-,20-,21+,22-,23-,24+,25-/m0/s1. The van der Waals surface area contributed by atoms with Crippen LogP contribution in [0.2, 0.25) is 0 Å². The molecule has 0 radical (unpaired) electrons. The van der Waals surface area contributed by atoms with Crippen LogP contribution in [0.15, 0.2) is 0 Å². The molecule has 8 nitrogen and oxygen atoms in total. The van der Waals surface area contributed by atoms with Gasteiger partial charge in [0, 0.05) is 45.7 Å². The van der Waals surface area contributed by atoms with Gasteiger partial charge in [-0.05, 0) is 38.5 Å². The quantitative estimate of drug-likeness (QED) is 0.614. The molecule has 6 aliphatic heterocycles. The lowest BCUT2D eigenvalue weighted by atomic mass is 10.1. The summed E-state index contributed by atoms with van der Waals surface area (Å²) >= 11 is 0. The van der Waals surface area contributed by atoms with Crippen molar-refractivity contribution in [3.05, 3.63) is 0 Å². The third-order valence-corrected chi connectivity index (χ3v) is 8.49. The van der Waals surface area contributed by atoms with Crippen molar-refractivity contribution < 1.29 is 23.7 Å². The number of hydrogen-bond acceptors (Lipinski definition) is 8. The maximum atomic E-state index is 6.87. The molecule has 6 rings (SSSR count). The van der Waals surface area contributed by atoms with E-state index in [1.54, 1.807) is 0 Å². The Morgan fingerprint density at radius 2 is 1.15 bits per heavy atom. The molecule has 0 spiro atoms. The molecule has 6 saturated heterocycles. The lowest BCUT2D eigenvalue weighted by Gasteiger charge is -2.47. The van der Waals surface area contributed by atoms with Gasteiger partial charge in [0.25, 0.3) is 0 Å². The van der Waals surface area contributed by atoms with Crippen LogP contribution in [0.5, 0.6) is 0 Å². The first-order valence-electron chi connectivity index (χ1n) is 13.8. The third kappa shape index (κ3) is 5.00. The second-order valence-corrected chi connectivity index (χ2v) is 10.8. The van der Waals surface area contributed by atoms with E-state index in [9.17, 15) is 0 Å². The van der Waals surface area contributed by atoms with Crippen LogP contribution in [-0.2, 0) is 23.7 Å². The number of likely N-dealkylation sites (tertiary alicyclic amines) is 3. The van der Waals surface area contributed by atoms with Gasteiger partial charge in [0.2, 0.25) is 0 Å². The van der Waals surface area contributed by atoms with Gasteiger partial charge < -0.3 is 23.7 Å². The van der Waals surface area contributed by atoms with Crippen molar-refractivity contribution in [2.45, 2.75) is 107 Å². The Hall–Kier alpha value is -0.320. The van der Waals surface area contributed by atoms with E-state index < -0.39 is 0 Å². The Morgan fingerprint density at radius 1 is 0.576 bits per heavy atom. The van der Waals surface area contributed by atoms with Crippen molar-refractivity contribution in [1.29, 1.82) is 0 Å². The maximum Gasteiger partial charge on any atom is 0.198 e. The summed E-state index contributed by atoms with van der Waals surface area (Å²) in [4.78, 5) is 7.42. The minimum absolute atomic E-state index is 0.0134. The predicted molar refractivity (Wildman–Crippen MR) is 123 cm³/mol. The molecule has 0 bridgehead atoms. The normalized spacial score (nSPS) is 44.2. The highest BCUT2D eigenvalue weighted by Gasteiger charge is 2.52. The highest BCUT2D eigenvalue weighted by molar-refractivity contribution is 4.93. The van der Waals surface area contributed by atoms with E-state index in [4.69, 9.17) is 23.7 Å². The van der Waals surface area contributed by atoms with Gasteiger partial charge in [0.1, 0.15) is 30.8 Å². The molecule has 0 aromatic heterocycles. The largest absolute Gasteiger partial charge is 0.360 e. The Labute approximate surface area is 198 Å². The second-order valence-electron chi connectivity index (χ2n) is 10.8. The molecule has 0 aromatic rings. The van der Waals surface area contributed by atoms with E-state index in [1.807, 2.05) is 0 Å². The maximum absolute atomic E-state index is 6.87. The fourth-order valence-corrected chi connectivity index (χ4v) is 6.70. The van der Waals surface area contributed by atoms with Gasteiger partial charge in [-0.2, -0.15) is 0 Å². The molecule has 0 unspecified atom stereocenters. The number of ether oxygens (including phenoxy) is 5. The Balaban J connectivity index is 1.16. The van der Waals surface area contributed by atoms with Crippen molar-refractivity contribution in [2.75, 3.05) is 52.5 Å². The van der Waals surface area contributed by atoms with Crippen LogP contribution >= 0.6 is 0 Å². The first kappa shape index (κ1) is 23.1. The topological polar surface area (TPSA) is 55.9 Å². The van der Waals surface area contributed by atoms with Crippen LogP contribution in [0.1, 0.15) is 64.2 Å². The van der Waals surface area contributed by atoms with Gasteiger partial charge in [-0.15, -0.1) is 0 Å². The second kappa shape index (κ2) is 10.7. The van der Waals surface area contributed by atoms with Gasteiger partial charge in [0.05, 0.1) is 13.2 Å². The number of fused-ring (bicyclic) bond motifs is 1. The van der Waals surface area contributed by atoms with E-state index >= 15 is 0 Å². The average Bonchev–Trinajstić information content (AvgIpc) is 3.52. The molecule has 0 amide bonds. The predicted octanol–water partition coefficient (Wildman–Crippen LogP) is 2.37. The summed E-state index contributed by atoms with van der Waals surface area (Å²) < 4.78 is 32.8. The first-order valence-corrected chi connectivity index (χ1v) is 13.8. The fraction of sp³-hybridized carbons (Fsp3) is 1.00. The summed E-state index contributed by atoms with van der Waals surface area (Å²) in [6.07, 6.45) is 11.8. The molecule has 0 saturated carbocycles. The van der Waals surface area contributed by atoms with Gasteiger partial charge in [0.15, 0.2) is 12.5 Å². The number of piperidine rings is 3. The summed E-state index contributed by atoms with van der Waals surface area (Å²) in [6.45, 7) is 7.88. The van der Waals surface area contributed by atoms with Crippen LogP contribution in [-0.4, -0.2) is 110 Å². The summed E-state index contributed by atoms with van der Waals surface area (Å²) in [6, 6.07) is 0. The van der Waals surface area contributed by atoms with E-state index in [2.05, 4.69) is 14.7 Å². The molecule has 7 atom stereocenters. The molecule has 188 valence electrons. The smallest absolute Gasteiger partial charge is 0.198 e. The first-order chi connectivity index (χ1) is 16.4. The lowest BCUT2D eigenvalue weighted by molar-refractivity contribution is -0.343. The summed E-state index contributed by atoms with van der Waals surface area (Å²) in [5.74, 6) is 0. The third-order valence-electron chi connectivity index (χ3n) is 8.49. The van der Waals surface area contributed by atoms with E-state index in [-0.39, 0.29) is 43.3 Å². The van der Waals surface area contributed by atoms with Gasteiger partial charge >= 0.3 is 0 Å². The lowest BCUT2D eigenvalue weighted by Crippen LogP contribution is -2.61. The average molecular weight is 466 g/mol. The Bertz CT molecular complexity index is 623. The zero-order valence-electron chi connectivity index (χ0n) is 20.2. The molecule has 8 heteroatoms. The molecule has 33 heavy (non-hydrogen) atoms. The molecule has 0 aromatic carbocycles. The number of hydrogen-bond donors (Lipinski definition) is 0. The van der Waals surface area contributed by atoms with E-state index in [0.717, 1.165) is 52.3 Å². The van der Waals surface area contributed by atoms with Crippen LogP contribution in [0.4, 0.5) is 0 Å². The van der Waals surface area contributed by atoms with Gasteiger partial charge in [-0.3, -0.25) is 14.7 Å². The SMILES string of the molecule is C1CCN([C@@H]2O[C@@H]3[C@H](CO[C@@H]3N3CCCCC3)O[C@@H]2O[C@H]2CCO[C@@H]2N2CCCCC2)CC1. The van der Waals surface area contributed by atoms with E-state index in [0.29, 0.717) is 6.61 Å². The highest BCUT2D eigenvalue weighted by atomic mass is 16.8. The summed E-state index contributed by atoms with van der Waals surface area (Å²) in [5, 5.41) is 0. The zero-order chi connectivity index (χ0) is 22.0. The molecule has 0 aliphatic carbocycles. The van der Waals surface area contributed by atoms with Crippen LogP contribution in [0, 0.1) is 0 Å². The van der Waals surface area contributed by atoms with Crippen molar-refractivity contribution in [2.24, 2.45) is 0 Å². The zero-order valence-corrected chi connectivity index (χ0v) is 20.2. The fourth-order valence-electron chi connectivity index (χ4n) is 6.70. The van der Waals surface area contributed by atoms with E-state index in [1.165, 1.54) is 57.8 Å². The summed E-state index contributed by atoms with van der Waals surface area (Å²) in [7, 11) is 0. The van der Waals surface area contributed by atoms with Crippen molar-refractivity contribution in [3.8, 4) is 0 Å². The van der Waals surface area contributed by atoms with Crippen molar-refractivity contribution in [1.82, 2.24) is 14.7 Å². The van der Waals surface area contributed by atoms with Gasteiger partial charge in [-0.1, -0.05) is 19.3 Å². The molecule has 6 heterocycles. The summed E-state index contributed by atoms with van der Waals surface area (Å²) in [5.41, 5.74) is 0. The van der Waals surface area contributed by atoms with Crippen molar-refractivity contribution in [3.63, 3.8) is 0 Å². The molecule has 6 fully saturated rings. The molecule has 6 aliphatic rings. The van der Waals surface area contributed by atoms with Crippen LogP contribution < -0.4 is 0 Å². The Kier molecular flexibility index (Phi) is 7.52. The van der Waals surface area contributed by atoms with Crippen LogP contribution in [0.25, 0.3) is 0 Å². The molecule has 0 N–H and O–H groups in total. The molecular weight excluding hydrogens is 422 g/mol. The Morgan fingerprint density at radius 3 is 1.79 bits per heavy atom. The number of nitrogens with zero attached hydrogens (tertiary/aromatic N) is 3. The van der Waals surface area contributed by atoms with Crippen molar-refractivity contribution >= 4 is 0 Å². The highest BCUT2D eigenvalue weighted by Crippen LogP contribution is 2.36. The van der Waals surface area contributed by atoms with Gasteiger partial charge in [-0.25, -0.2) is 0 Å². The van der Waals surface area contributed by atoms with Crippen LogP contribution in [0.3, 0.4) is 0 Å². The minimum atomic E-state index is -0.382.